The zero-order valence-electron chi connectivity index (χ0n) is 14.7. The van der Waals surface area contributed by atoms with Crippen LogP contribution in [0.3, 0.4) is 0 Å². The molecule has 2 N–H and O–H groups in total. The molecule has 2 heterocycles. The Labute approximate surface area is 166 Å². The first-order valence-corrected chi connectivity index (χ1v) is 9.83. The van der Waals surface area contributed by atoms with Gasteiger partial charge in [0.25, 0.3) is 0 Å². The molecule has 1 aliphatic rings. The lowest BCUT2D eigenvalue weighted by Crippen LogP contribution is -2.35. The number of nitrogen functional groups attached to an aromatic ring is 1. The van der Waals surface area contributed by atoms with Crippen LogP contribution in [-0.4, -0.2) is 32.6 Å². The first-order chi connectivity index (χ1) is 13.1. The van der Waals surface area contributed by atoms with Gasteiger partial charge in [0.15, 0.2) is 5.82 Å². The van der Waals surface area contributed by atoms with Gasteiger partial charge in [0, 0.05) is 17.8 Å². The number of hydrogen-bond acceptors (Lipinski definition) is 5. The lowest BCUT2D eigenvalue weighted by Gasteiger charge is -2.21. The van der Waals surface area contributed by atoms with E-state index in [1.807, 2.05) is 48.2 Å². The standard InChI is InChI=1S/C19H18ClN5OS/c1-12(18(26)24-11-10-13-6-2-5-9-16(13)24)27-19-23-22-17(25(19)21)14-7-3-4-8-15(14)20/h2-9,12H,10-11,21H2,1H3/t12-/m0/s1. The van der Waals surface area contributed by atoms with Crippen molar-refractivity contribution in [2.45, 2.75) is 23.8 Å². The molecule has 1 aliphatic heterocycles. The molecule has 0 aliphatic carbocycles. The number of carbonyl (C=O) groups excluding carboxylic acids is 1. The van der Waals surface area contributed by atoms with Crippen LogP contribution in [0.4, 0.5) is 5.69 Å². The monoisotopic (exact) mass is 399 g/mol. The third-order valence-corrected chi connectivity index (χ3v) is 5.94. The minimum absolute atomic E-state index is 0.0345. The van der Waals surface area contributed by atoms with Gasteiger partial charge in [-0.25, -0.2) is 4.68 Å². The Kier molecular flexibility index (Phi) is 4.80. The van der Waals surface area contributed by atoms with Gasteiger partial charge >= 0.3 is 0 Å². The number of anilines is 1. The van der Waals surface area contributed by atoms with Crippen LogP contribution in [0, 0.1) is 0 Å². The Bertz CT molecular complexity index is 1010. The van der Waals surface area contributed by atoms with Crippen LogP contribution in [0.5, 0.6) is 0 Å². The van der Waals surface area contributed by atoms with Gasteiger partial charge in [0.1, 0.15) is 0 Å². The highest BCUT2D eigenvalue weighted by atomic mass is 35.5. The molecule has 0 spiro atoms. The number of para-hydroxylation sites is 1. The van der Waals surface area contributed by atoms with Crippen LogP contribution in [0.1, 0.15) is 12.5 Å². The van der Waals surface area contributed by atoms with E-state index in [2.05, 4.69) is 16.3 Å². The van der Waals surface area contributed by atoms with Crippen LogP contribution in [-0.2, 0) is 11.2 Å². The molecule has 6 nitrogen and oxygen atoms in total. The minimum atomic E-state index is -0.346. The molecule has 27 heavy (non-hydrogen) atoms. The number of benzene rings is 2. The maximum atomic E-state index is 12.9. The third-order valence-electron chi connectivity index (χ3n) is 4.56. The van der Waals surface area contributed by atoms with Gasteiger partial charge in [-0.15, -0.1) is 10.2 Å². The lowest BCUT2D eigenvalue weighted by atomic mass is 10.2. The Morgan fingerprint density at radius 2 is 1.93 bits per heavy atom. The number of fused-ring (bicyclic) bond motifs is 1. The molecule has 4 rings (SSSR count). The molecule has 1 atom stereocenters. The van der Waals surface area contributed by atoms with Crippen molar-refractivity contribution in [3.05, 3.63) is 59.1 Å². The van der Waals surface area contributed by atoms with Crippen molar-refractivity contribution in [2.75, 3.05) is 17.3 Å². The Balaban J connectivity index is 1.53. The summed E-state index contributed by atoms with van der Waals surface area (Å²) in [5.74, 6) is 6.67. The fourth-order valence-electron chi connectivity index (χ4n) is 3.18. The van der Waals surface area contributed by atoms with Crippen molar-refractivity contribution in [1.29, 1.82) is 0 Å². The van der Waals surface area contributed by atoms with Gasteiger partial charge in [0.2, 0.25) is 11.1 Å². The summed E-state index contributed by atoms with van der Waals surface area (Å²) in [5, 5.41) is 8.97. The summed E-state index contributed by atoms with van der Waals surface area (Å²) in [6, 6.07) is 15.3. The molecule has 0 radical (unpaired) electrons. The van der Waals surface area contributed by atoms with Crippen molar-refractivity contribution < 1.29 is 4.79 Å². The average Bonchev–Trinajstić information content (AvgIpc) is 3.26. The molecular weight excluding hydrogens is 382 g/mol. The van der Waals surface area contributed by atoms with Gasteiger partial charge in [-0.2, -0.15) is 0 Å². The molecule has 0 saturated heterocycles. The van der Waals surface area contributed by atoms with Crippen molar-refractivity contribution in [3.63, 3.8) is 0 Å². The number of halogens is 1. The molecule has 2 aromatic carbocycles. The second-order valence-electron chi connectivity index (χ2n) is 6.28. The summed E-state index contributed by atoms with van der Waals surface area (Å²) in [7, 11) is 0. The first kappa shape index (κ1) is 17.9. The fraction of sp³-hybridized carbons (Fsp3) is 0.211. The molecule has 138 valence electrons. The van der Waals surface area contributed by atoms with E-state index in [1.54, 1.807) is 6.07 Å². The van der Waals surface area contributed by atoms with Crippen molar-refractivity contribution in [3.8, 4) is 11.4 Å². The van der Waals surface area contributed by atoms with Gasteiger partial charge in [-0.1, -0.05) is 53.7 Å². The molecular formula is C19H18ClN5OS. The van der Waals surface area contributed by atoms with E-state index in [0.29, 0.717) is 28.1 Å². The maximum Gasteiger partial charge on any atom is 0.240 e. The van der Waals surface area contributed by atoms with E-state index in [9.17, 15) is 4.79 Å². The summed E-state index contributed by atoms with van der Waals surface area (Å²) >= 11 is 7.52. The molecule has 0 bridgehead atoms. The Morgan fingerprint density at radius 1 is 1.19 bits per heavy atom. The van der Waals surface area contributed by atoms with E-state index < -0.39 is 0 Å². The van der Waals surface area contributed by atoms with Crippen LogP contribution >= 0.6 is 23.4 Å². The van der Waals surface area contributed by atoms with E-state index in [4.69, 9.17) is 17.4 Å². The van der Waals surface area contributed by atoms with Crippen molar-refractivity contribution in [1.82, 2.24) is 14.9 Å². The summed E-state index contributed by atoms with van der Waals surface area (Å²) in [5.41, 5.74) is 2.89. The maximum absolute atomic E-state index is 12.9. The van der Waals surface area contributed by atoms with Crippen molar-refractivity contribution in [2.24, 2.45) is 0 Å². The molecule has 3 aromatic rings. The third kappa shape index (κ3) is 3.28. The highest BCUT2D eigenvalue weighted by Crippen LogP contribution is 2.32. The fourth-order valence-corrected chi connectivity index (χ4v) is 4.23. The number of nitrogens with zero attached hydrogens (tertiary/aromatic N) is 4. The smallest absolute Gasteiger partial charge is 0.240 e. The largest absolute Gasteiger partial charge is 0.335 e. The number of rotatable bonds is 4. The SMILES string of the molecule is C[C@H](Sc1nnc(-c2ccccc2Cl)n1N)C(=O)N1CCc2ccccc21. The molecule has 0 saturated carbocycles. The summed E-state index contributed by atoms with van der Waals surface area (Å²) in [6.45, 7) is 2.56. The number of aromatic nitrogens is 3. The molecule has 1 amide bonds. The van der Waals surface area contributed by atoms with Gasteiger partial charge in [-0.3, -0.25) is 4.79 Å². The second-order valence-corrected chi connectivity index (χ2v) is 8.00. The number of hydrogen-bond donors (Lipinski definition) is 1. The predicted octanol–water partition coefficient (Wildman–Crippen LogP) is 3.38. The second kappa shape index (κ2) is 7.25. The molecule has 8 heteroatoms. The van der Waals surface area contributed by atoms with Crippen molar-refractivity contribution >= 4 is 35.0 Å². The molecule has 0 fully saturated rings. The number of amides is 1. The van der Waals surface area contributed by atoms with E-state index in [0.717, 1.165) is 12.1 Å². The summed E-state index contributed by atoms with van der Waals surface area (Å²) < 4.78 is 1.38. The highest BCUT2D eigenvalue weighted by Gasteiger charge is 2.29. The Morgan fingerprint density at radius 3 is 2.74 bits per heavy atom. The van der Waals surface area contributed by atoms with Gasteiger partial charge < -0.3 is 10.7 Å². The average molecular weight is 400 g/mol. The number of thioether (sulfide) groups is 1. The van der Waals surface area contributed by atoms with E-state index in [1.165, 1.54) is 22.0 Å². The van der Waals surface area contributed by atoms with Crippen LogP contribution in [0.2, 0.25) is 5.02 Å². The number of nitrogens with two attached hydrogens (primary N) is 1. The molecule has 0 unspecified atom stereocenters. The minimum Gasteiger partial charge on any atom is -0.335 e. The Hall–Kier alpha value is -2.51. The van der Waals surface area contributed by atoms with Gasteiger partial charge in [0.05, 0.1) is 10.3 Å². The normalized spacial score (nSPS) is 14.2. The predicted molar refractivity (Wildman–Crippen MR) is 108 cm³/mol. The van der Waals surface area contributed by atoms with Crippen LogP contribution in [0.15, 0.2) is 53.7 Å². The molecule has 1 aromatic heterocycles. The summed E-state index contributed by atoms with van der Waals surface area (Å²) in [4.78, 5) is 14.8. The van der Waals surface area contributed by atoms with E-state index in [-0.39, 0.29) is 11.2 Å². The van der Waals surface area contributed by atoms with Crippen LogP contribution < -0.4 is 10.7 Å². The quantitative estimate of drug-likeness (QED) is 0.537. The zero-order chi connectivity index (χ0) is 19.0. The van der Waals surface area contributed by atoms with Crippen LogP contribution in [0.25, 0.3) is 11.4 Å². The first-order valence-electron chi connectivity index (χ1n) is 8.57. The lowest BCUT2D eigenvalue weighted by molar-refractivity contribution is -0.117. The highest BCUT2D eigenvalue weighted by molar-refractivity contribution is 8.00. The number of carbonyl (C=O) groups is 1. The topological polar surface area (TPSA) is 77.0 Å². The van der Waals surface area contributed by atoms with E-state index >= 15 is 0 Å². The summed E-state index contributed by atoms with van der Waals surface area (Å²) in [6.07, 6.45) is 0.878. The van der Waals surface area contributed by atoms with Gasteiger partial charge in [-0.05, 0) is 37.1 Å². The zero-order valence-corrected chi connectivity index (χ0v) is 16.2.